The predicted octanol–water partition coefficient (Wildman–Crippen LogP) is 7.71. The van der Waals surface area contributed by atoms with Gasteiger partial charge in [-0.1, -0.05) is 72.1 Å². The monoisotopic (exact) mass is 500 g/mol. The molecule has 0 fully saturated rings. The lowest BCUT2D eigenvalue weighted by molar-refractivity contribution is 0.0520. The summed E-state index contributed by atoms with van der Waals surface area (Å²) in [5.74, 6) is 5.58. The van der Waals surface area contributed by atoms with Crippen molar-refractivity contribution in [2.75, 3.05) is 6.61 Å². The van der Waals surface area contributed by atoms with Crippen molar-refractivity contribution in [3.8, 4) is 23.2 Å². The van der Waals surface area contributed by atoms with Gasteiger partial charge in [-0.3, -0.25) is 4.57 Å². The largest absolute Gasteiger partial charge is 0.461 e. The molecule has 0 radical (unpaired) electrons. The molecule has 0 N–H and O–H groups in total. The third-order valence-corrected chi connectivity index (χ3v) is 5.28. The fourth-order valence-corrected chi connectivity index (χ4v) is 3.83. The summed E-state index contributed by atoms with van der Waals surface area (Å²) in [7, 11) is 0. The van der Waals surface area contributed by atoms with Crippen molar-refractivity contribution < 1.29 is 9.53 Å². The Morgan fingerprint density at radius 1 is 1.30 bits per heavy atom. The lowest BCUT2D eigenvalue weighted by Crippen LogP contribution is -2.04. The maximum atomic E-state index is 12.4. The van der Waals surface area contributed by atoms with Crippen LogP contribution in [0.3, 0.4) is 0 Å². The van der Waals surface area contributed by atoms with Gasteiger partial charge in [-0.25, -0.2) is 9.78 Å². The average Bonchev–Trinajstić information content (AvgIpc) is 3.19. The van der Waals surface area contributed by atoms with Crippen LogP contribution in [0.15, 0.2) is 78.0 Å². The number of aromatic nitrogens is 2. The van der Waals surface area contributed by atoms with E-state index in [2.05, 4.69) is 30.0 Å². The molecule has 1 aromatic carbocycles. The Morgan fingerprint density at radius 3 is 2.52 bits per heavy atom. The highest BCUT2D eigenvalue weighted by molar-refractivity contribution is 6.39. The van der Waals surface area contributed by atoms with Gasteiger partial charge in [-0.2, -0.15) is 0 Å². The number of ether oxygens (including phenoxy) is 1. The van der Waals surface area contributed by atoms with Crippen molar-refractivity contribution in [1.82, 2.24) is 9.55 Å². The molecule has 2 aromatic rings. The van der Waals surface area contributed by atoms with E-state index < -0.39 is 5.97 Å². The zero-order valence-electron chi connectivity index (χ0n) is 18.6. The number of nitrogens with zero attached hydrogens (tertiary/aromatic N) is 2. The van der Waals surface area contributed by atoms with Gasteiger partial charge in [0.05, 0.1) is 32.9 Å². The molecule has 0 atom stereocenters. The maximum absolute atomic E-state index is 12.4. The standard InChI is InChI=1S/C26H23Cl3N2O2/c1-6-11-18(12-7-2)17(5)15-21(29)23(8-3)31-16-22(26(32)33-9-4)30-25(31)24-19(27)13-10-14-20(24)28/h6,8,10-11,13-16H,1,5,9H2,2-4H3/b18-11+,21-15+,23-8+. The summed E-state index contributed by atoms with van der Waals surface area (Å²) in [6.45, 7) is 13.2. The number of benzene rings is 1. The molecule has 33 heavy (non-hydrogen) atoms. The minimum Gasteiger partial charge on any atom is -0.461 e. The van der Waals surface area contributed by atoms with Gasteiger partial charge in [-0.05, 0) is 50.6 Å². The molecule has 0 aliphatic heterocycles. The van der Waals surface area contributed by atoms with E-state index in [9.17, 15) is 4.79 Å². The summed E-state index contributed by atoms with van der Waals surface area (Å²) < 4.78 is 6.77. The number of allylic oxidation sites excluding steroid dienone is 8. The first-order valence-electron chi connectivity index (χ1n) is 9.98. The summed E-state index contributed by atoms with van der Waals surface area (Å²) in [6, 6.07) is 5.11. The Morgan fingerprint density at radius 2 is 1.97 bits per heavy atom. The van der Waals surface area contributed by atoms with Crippen LogP contribution in [0.4, 0.5) is 0 Å². The average molecular weight is 502 g/mol. The van der Waals surface area contributed by atoms with E-state index in [0.29, 0.717) is 43.3 Å². The molecular formula is C26H23Cl3N2O2. The van der Waals surface area contributed by atoms with Gasteiger partial charge in [0.15, 0.2) is 5.69 Å². The van der Waals surface area contributed by atoms with Gasteiger partial charge in [-0.15, -0.1) is 5.92 Å². The molecule has 0 unspecified atom stereocenters. The SMILES string of the molecule is C=C/C=C(\C#CC)C(=C)/C=C(Cl)\C(=C/C)n1cc(C(=O)OCC)nc1-c1c(Cl)cccc1Cl. The van der Waals surface area contributed by atoms with Gasteiger partial charge >= 0.3 is 5.97 Å². The Labute approximate surface area is 209 Å². The Hall–Kier alpha value is -2.97. The molecular weight excluding hydrogens is 479 g/mol. The molecule has 0 saturated carbocycles. The quantitative estimate of drug-likeness (QED) is 0.211. The highest BCUT2D eigenvalue weighted by atomic mass is 35.5. The smallest absolute Gasteiger partial charge is 0.358 e. The molecule has 7 heteroatoms. The molecule has 0 amide bonds. The summed E-state index contributed by atoms with van der Waals surface area (Å²) in [4.78, 5) is 16.9. The van der Waals surface area contributed by atoms with Crippen molar-refractivity contribution >= 4 is 46.5 Å². The first-order valence-corrected chi connectivity index (χ1v) is 11.1. The van der Waals surface area contributed by atoms with Crippen LogP contribution in [0.5, 0.6) is 0 Å². The van der Waals surface area contributed by atoms with E-state index in [1.807, 2.05) is 6.92 Å². The first-order chi connectivity index (χ1) is 15.8. The van der Waals surface area contributed by atoms with Crippen molar-refractivity contribution in [2.24, 2.45) is 0 Å². The van der Waals surface area contributed by atoms with Crippen LogP contribution >= 0.6 is 34.8 Å². The molecule has 1 aromatic heterocycles. The molecule has 2 rings (SSSR count). The van der Waals surface area contributed by atoms with Gasteiger partial charge in [0, 0.05) is 11.8 Å². The van der Waals surface area contributed by atoms with Crippen LogP contribution in [0, 0.1) is 11.8 Å². The van der Waals surface area contributed by atoms with Crippen LogP contribution in [-0.4, -0.2) is 22.1 Å². The van der Waals surface area contributed by atoms with Crippen molar-refractivity contribution in [3.63, 3.8) is 0 Å². The van der Waals surface area contributed by atoms with E-state index in [1.165, 1.54) is 6.20 Å². The van der Waals surface area contributed by atoms with Crippen molar-refractivity contribution in [3.05, 3.63) is 93.8 Å². The summed E-state index contributed by atoms with van der Waals surface area (Å²) >= 11 is 19.6. The van der Waals surface area contributed by atoms with E-state index in [1.54, 1.807) is 60.9 Å². The van der Waals surface area contributed by atoms with E-state index in [-0.39, 0.29) is 12.3 Å². The van der Waals surface area contributed by atoms with Crippen LogP contribution in [0.2, 0.25) is 10.0 Å². The number of esters is 1. The molecule has 0 spiro atoms. The first kappa shape index (κ1) is 26.3. The number of imidazole rings is 1. The Kier molecular flexibility index (Phi) is 9.81. The Bertz CT molecular complexity index is 1220. The summed E-state index contributed by atoms with van der Waals surface area (Å²) in [6.07, 6.45) is 8.37. The predicted molar refractivity (Wildman–Crippen MR) is 138 cm³/mol. The highest BCUT2D eigenvalue weighted by Crippen LogP contribution is 2.37. The van der Waals surface area contributed by atoms with Crippen LogP contribution < -0.4 is 0 Å². The third kappa shape index (κ3) is 6.30. The number of hydrogen-bond acceptors (Lipinski definition) is 3. The zero-order chi connectivity index (χ0) is 24.5. The molecule has 1 heterocycles. The molecule has 4 nitrogen and oxygen atoms in total. The number of hydrogen-bond donors (Lipinski definition) is 0. The fraction of sp³-hybridized carbons (Fsp3) is 0.154. The zero-order valence-corrected chi connectivity index (χ0v) is 20.9. The highest BCUT2D eigenvalue weighted by Gasteiger charge is 2.23. The molecule has 0 aliphatic rings. The molecule has 0 aliphatic carbocycles. The van der Waals surface area contributed by atoms with Crippen molar-refractivity contribution in [2.45, 2.75) is 20.8 Å². The van der Waals surface area contributed by atoms with E-state index in [0.717, 1.165) is 0 Å². The molecule has 0 bridgehead atoms. The summed E-state index contributed by atoms with van der Waals surface area (Å²) in [5, 5.41) is 1.09. The number of carbonyl (C=O) groups excluding carboxylic acids is 1. The third-order valence-electron chi connectivity index (χ3n) is 4.35. The minimum absolute atomic E-state index is 0.0922. The fourth-order valence-electron chi connectivity index (χ4n) is 2.93. The van der Waals surface area contributed by atoms with E-state index in [4.69, 9.17) is 39.5 Å². The van der Waals surface area contributed by atoms with Crippen LogP contribution in [0.1, 0.15) is 31.3 Å². The second kappa shape index (κ2) is 12.3. The summed E-state index contributed by atoms with van der Waals surface area (Å²) in [5.41, 5.74) is 2.36. The van der Waals surface area contributed by atoms with E-state index >= 15 is 0 Å². The Balaban J connectivity index is 2.70. The maximum Gasteiger partial charge on any atom is 0.358 e. The van der Waals surface area contributed by atoms with Gasteiger partial charge in [0.1, 0.15) is 5.82 Å². The van der Waals surface area contributed by atoms with Crippen LogP contribution in [-0.2, 0) is 4.74 Å². The van der Waals surface area contributed by atoms with Gasteiger partial charge in [0.2, 0.25) is 0 Å². The second-order valence-electron chi connectivity index (χ2n) is 6.52. The second-order valence-corrected chi connectivity index (χ2v) is 7.74. The number of rotatable bonds is 8. The van der Waals surface area contributed by atoms with Gasteiger partial charge < -0.3 is 4.74 Å². The van der Waals surface area contributed by atoms with Crippen LogP contribution in [0.25, 0.3) is 17.1 Å². The normalized spacial score (nSPS) is 12.1. The molecule has 170 valence electrons. The van der Waals surface area contributed by atoms with Crippen molar-refractivity contribution in [1.29, 1.82) is 0 Å². The number of carbonyl (C=O) groups is 1. The topological polar surface area (TPSA) is 44.1 Å². The minimum atomic E-state index is -0.574. The lowest BCUT2D eigenvalue weighted by Gasteiger charge is -2.14. The molecule has 0 saturated heterocycles. The number of halogens is 3. The lowest BCUT2D eigenvalue weighted by atomic mass is 10.1. The van der Waals surface area contributed by atoms with Gasteiger partial charge in [0.25, 0.3) is 0 Å².